The predicted octanol–water partition coefficient (Wildman–Crippen LogP) is 2.31. The Morgan fingerprint density at radius 2 is 2.33 bits per heavy atom. The number of nitrogens with zero attached hydrogens (tertiary/aromatic N) is 1. The number of nitrogens with two attached hydrogens (primary N) is 1. The van der Waals surface area contributed by atoms with Crippen molar-refractivity contribution in [3.05, 3.63) is 29.1 Å². The first-order valence-corrected chi connectivity index (χ1v) is 8.13. The van der Waals surface area contributed by atoms with E-state index in [4.69, 9.17) is 10.5 Å². The number of nitrogen functional groups attached to an aromatic ring is 1. The highest BCUT2D eigenvalue weighted by atomic mass is 32.2. The van der Waals surface area contributed by atoms with Gasteiger partial charge in [0.1, 0.15) is 5.82 Å². The molecule has 1 aromatic carbocycles. The van der Waals surface area contributed by atoms with Crippen molar-refractivity contribution in [2.24, 2.45) is 0 Å². The zero-order valence-corrected chi connectivity index (χ0v) is 13.2. The predicted molar refractivity (Wildman–Crippen MR) is 84.2 cm³/mol. The topological polar surface area (TPSA) is 55.6 Å². The van der Waals surface area contributed by atoms with E-state index in [2.05, 4.69) is 0 Å². The molecule has 1 aliphatic rings. The smallest absolute Gasteiger partial charge is 0.257 e. The highest BCUT2D eigenvalue weighted by Gasteiger charge is 2.29. The van der Waals surface area contributed by atoms with Crippen LogP contribution >= 0.6 is 11.8 Å². The number of rotatable bonds is 5. The number of amides is 1. The van der Waals surface area contributed by atoms with Crippen LogP contribution in [0.3, 0.4) is 0 Å². The molecule has 0 aliphatic carbocycles. The van der Waals surface area contributed by atoms with E-state index in [-0.39, 0.29) is 17.5 Å². The van der Waals surface area contributed by atoms with Gasteiger partial charge < -0.3 is 15.4 Å². The van der Waals surface area contributed by atoms with Crippen LogP contribution in [-0.2, 0) is 4.74 Å². The number of aryl methyl sites for hydroxylation is 1. The molecule has 1 saturated heterocycles. The second-order valence-corrected chi connectivity index (χ2v) is 6.36. The van der Waals surface area contributed by atoms with Gasteiger partial charge in [-0.2, -0.15) is 11.8 Å². The summed E-state index contributed by atoms with van der Waals surface area (Å²) in [5.41, 5.74) is 6.61. The first kappa shape index (κ1) is 16.1. The second-order valence-electron chi connectivity index (χ2n) is 5.21. The number of hydrogen-bond donors (Lipinski definition) is 1. The third-order valence-corrected chi connectivity index (χ3v) is 4.80. The van der Waals surface area contributed by atoms with Gasteiger partial charge >= 0.3 is 0 Å². The normalized spacial score (nSPS) is 18.0. The van der Waals surface area contributed by atoms with Gasteiger partial charge in [0.05, 0.1) is 12.2 Å². The number of carbonyl (C=O) groups is 1. The molecule has 0 radical (unpaired) electrons. The number of carbonyl (C=O) groups excluding carboxylic acids is 1. The summed E-state index contributed by atoms with van der Waals surface area (Å²) in [6, 6.07) is 3.10. The average molecular weight is 312 g/mol. The van der Waals surface area contributed by atoms with Crippen molar-refractivity contribution in [2.45, 2.75) is 19.4 Å². The van der Waals surface area contributed by atoms with E-state index < -0.39 is 5.82 Å². The number of halogens is 1. The quantitative estimate of drug-likeness (QED) is 0.848. The lowest BCUT2D eigenvalue weighted by atomic mass is 10.1. The Morgan fingerprint density at radius 3 is 2.95 bits per heavy atom. The van der Waals surface area contributed by atoms with Crippen molar-refractivity contribution in [3.63, 3.8) is 0 Å². The van der Waals surface area contributed by atoms with Gasteiger partial charge in [0, 0.05) is 31.1 Å². The standard InChI is InChI=1S/C15H21FN2O2S/c1-10-7-11(17)8-13(14(10)16)15(19)18(4-5-20-2)12-3-6-21-9-12/h7-8,12H,3-6,9,17H2,1-2H3. The summed E-state index contributed by atoms with van der Waals surface area (Å²) in [4.78, 5) is 14.5. The first-order valence-electron chi connectivity index (χ1n) is 6.98. The minimum Gasteiger partial charge on any atom is -0.399 e. The molecule has 0 aromatic heterocycles. The van der Waals surface area contributed by atoms with E-state index in [1.54, 1.807) is 18.9 Å². The van der Waals surface area contributed by atoms with Crippen LogP contribution in [-0.4, -0.2) is 48.6 Å². The number of methoxy groups -OCH3 is 1. The van der Waals surface area contributed by atoms with Crippen LogP contribution in [0.25, 0.3) is 0 Å². The summed E-state index contributed by atoms with van der Waals surface area (Å²) in [7, 11) is 1.59. The fraction of sp³-hybridized carbons (Fsp3) is 0.533. The number of hydrogen-bond acceptors (Lipinski definition) is 4. The number of ether oxygens (including phenoxy) is 1. The Bertz CT molecular complexity index is 519. The Labute approximate surface area is 128 Å². The summed E-state index contributed by atoms with van der Waals surface area (Å²) in [5, 5.41) is 0. The molecule has 0 bridgehead atoms. The highest BCUT2D eigenvalue weighted by Crippen LogP contribution is 2.25. The molecular formula is C15H21FN2O2S. The molecule has 6 heteroatoms. The molecule has 116 valence electrons. The van der Waals surface area contributed by atoms with Gasteiger partial charge in [0.25, 0.3) is 5.91 Å². The summed E-state index contributed by atoms with van der Waals surface area (Å²) in [6.45, 7) is 2.52. The fourth-order valence-electron chi connectivity index (χ4n) is 2.52. The average Bonchev–Trinajstić information content (AvgIpc) is 2.97. The summed E-state index contributed by atoms with van der Waals surface area (Å²) >= 11 is 1.81. The lowest BCUT2D eigenvalue weighted by Gasteiger charge is -2.28. The van der Waals surface area contributed by atoms with Gasteiger partial charge in [-0.15, -0.1) is 0 Å². The number of thioether (sulfide) groups is 1. The van der Waals surface area contributed by atoms with Crippen LogP contribution < -0.4 is 5.73 Å². The van der Waals surface area contributed by atoms with Crippen LogP contribution in [0.4, 0.5) is 10.1 Å². The molecule has 1 amide bonds. The maximum absolute atomic E-state index is 14.3. The number of anilines is 1. The molecule has 1 unspecified atom stereocenters. The maximum Gasteiger partial charge on any atom is 0.257 e. The van der Waals surface area contributed by atoms with Crippen LogP contribution in [0.15, 0.2) is 12.1 Å². The van der Waals surface area contributed by atoms with E-state index >= 15 is 0 Å². The van der Waals surface area contributed by atoms with E-state index in [0.717, 1.165) is 17.9 Å². The number of benzene rings is 1. The van der Waals surface area contributed by atoms with Gasteiger partial charge in [-0.3, -0.25) is 4.79 Å². The van der Waals surface area contributed by atoms with Crippen molar-refractivity contribution < 1.29 is 13.9 Å². The molecule has 21 heavy (non-hydrogen) atoms. The maximum atomic E-state index is 14.3. The zero-order valence-electron chi connectivity index (χ0n) is 12.4. The van der Waals surface area contributed by atoms with E-state index in [1.165, 1.54) is 12.1 Å². The lowest BCUT2D eigenvalue weighted by Crippen LogP contribution is -2.42. The van der Waals surface area contributed by atoms with Crippen molar-refractivity contribution in [1.29, 1.82) is 0 Å². The summed E-state index contributed by atoms with van der Waals surface area (Å²) in [5.74, 6) is 1.13. The van der Waals surface area contributed by atoms with E-state index in [1.807, 2.05) is 11.8 Å². The van der Waals surface area contributed by atoms with Gasteiger partial charge in [-0.05, 0) is 36.8 Å². The SMILES string of the molecule is COCCN(C(=O)c1cc(N)cc(C)c1F)C1CCSC1. The minimum atomic E-state index is -0.484. The zero-order chi connectivity index (χ0) is 15.4. The molecule has 1 atom stereocenters. The van der Waals surface area contributed by atoms with Gasteiger partial charge in [-0.25, -0.2) is 4.39 Å². The molecule has 2 N–H and O–H groups in total. The Hall–Kier alpha value is -1.27. The van der Waals surface area contributed by atoms with Crippen LogP contribution in [0.1, 0.15) is 22.3 Å². The molecule has 1 aromatic rings. The summed E-state index contributed by atoms with van der Waals surface area (Å²) in [6.07, 6.45) is 0.934. The van der Waals surface area contributed by atoms with Crippen molar-refractivity contribution in [2.75, 3.05) is 37.5 Å². The highest BCUT2D eigenvalue weighted by molar-refractivity contribution is 7.99. The van der Waals surface area contributed by atoms with Gasteiger partial charge in [0.15, 0.2) is 0 Å². The fourth-order valence-corrected chi connectivity index (χ4v) is 3.74. The van der Waals surface area contributed by atoms with Crippen LogP contribution in [0, 0.1) is 12.7 Å². The molecule has 0 spiro atoms. The van der Waals surface area contributed by atoms with Crippen LogP contribution in [0.2, 0.25) is 0 Å². The largest absolute Gasteiger partial charge is 0.399 e. The Balaban J connectivity index is 2.28. The van der Waals surface area contributed by atoms with Crippen molar-refractivity contribution in [1.82, 2.24) is 4.90 Å². The van der Waals surface area contributed by atoms with Gasteiger partial charge in [-0.1, -0.05) is 0 Å². The molecule has 1 aliphatic heterocycles. The molecule has 1 heterocycles. The van der Waals surface area contributed by atoms with Crippen molar-refractivity contribution in [3.8, 4) is 0 Å². The third-order valence-electron chi connectivity index (χ3n) is 3.65. The third kappa shape index (κ3) is 3.68. The Kier molecular flexibility index (Phi) is 5.47. The summed E-state index contributed by atoms with van der Waals surface area (Å²) < 4.78 is 19.3. The second kappa shape index (κ2) is 7.13. The van der Waals surface area contributed by atoms with E-state index in [9.17, 15) is 9.18 Å². The van der Waals surface area contributed by atoms with Crippen molar-refractivity contribution >= 4 is 23.4 Å². The first-order chi connectivity index (χ1) is 10.0. The molecule has 1 fully saturated rings. The van der Waals surface area contributed by atoms with Gasteiger partial charge in [0.2, 0.25) is 0 Å². The lowest BCUT2D eigenvalue weighted by molar-refractivity contribution is 0.0620. The van der Waals surface area contributed by atoms with E-state index in [0.29, 0.717) is 24.4 Å². The molecule has 0 saturated carbocycles. The molecule has 4 nitrogen and oxygen atoms in total. The van der Waals surface area contributed by atoms with Crippen LogP contribution in [0.5, 0.6) is 0 Å². The Morgan fingerprint density at radius 1 is 1.57 bits per heavy atom. The molecule has 2 rings (SSSR count). The minimum absolute atomic E-state index is 0.0560. The molecular weight excluding hydrogens is 291 g/mol. The monoisotopic (exact) mass is 312 g/mol.